The zero-order valence-electron chi connectivity index (χ0n) is 15.0. The van der Waals surface area contributed by atoms with Crippen LogP contribution in [0.3, 0.4) is 0 Å². The van der Waals surface area contributed by atoms with Gasteiger partial charge >= 0.3 is 0 Å². The Hall–Kier alpha value is -1.51. The standard InChI is InChI=1S/C18H29N5O.HI/c1-2-19-18(22-15-17(24)23-13-6-7-14-23)21-12-8-11-20-16-9-4-3-5-10-16;/h3-5,9-10,20H,2,6-8,11-15H2,1H3,(H2,19,21,22);1H. The minimum absolute atomic E-state index is 0. The number of benzene rings is 1. The number of rotatable bonds is 8. The van der Waals surface area contributed by atoms with Crippen molar-refractivity contribution >= 4 is 41.5 Å². The van der Waals surface area contributed by atoms with Crippen molar-refractivity contribution in [2.24, 2.45) is 4.99 Å². The largest absolute Gasteiger partial charge is 0.385 e. The van der Waals surface area contributed by atoms with E-state index in [1.54, 1.807) is 0 Å². The summed E-state index contributed by atoms with van der Waals surface area (Å²) in [6.45, 7) is 6.49. The number of nitrogens with one attached hydrogen (secondary N) is 3. The van der Waals surface area contributed by atoms with E-state index in [0.717, 1.165) is 57.7 Å². The molecule has 6 nitrogen and oxygen atoms in total. The number of nitrogens with zero attached hydrogens (tertiary/aromatic N) is 2. The molecule has 1 heterocycles. The minimum Gasteiger partial charge on any atom is -0.385 e. The minimum atomic E-state index is 0. The van der Waals surface area contributed by atoms with Crippen LogP contribution < -0.4 is 16.0 Å². The number of para-hydroxylation sites is 1. The van der Waals surface area contributed by atoms with Crippen LogP contribution in [-0.2, 0) is 4.79 Å². The lowest BCUT2D eigenvalue weighted by atomic mass is 10.3. The lowest BCUT2D eigenvalue weighted by Crippen LogP contribution is -2.39. The molecule has 0 aliphatic carbocycles. The molecule has 0 aromatic heterocycles. The van der Waals surface area contributed by atoms with Gasteiger partial charge in [0.2, 0.25) is 5.91 Å². The van der Waals surface area contributed by atoms with Gasteiger partial charge in [0.15, 0.2) is 5.96 Å². The molecule has 1 aromatic carbocycles. The van der Waals surface area contributed by atoms with Crippen LogP contribution >= 0.6 is 24.0 Å². The normalized spacial score (nSPS) is 14.0. The van der Waals surface area contributed by atoms with Gasteiger partial charge in [0.05, 0.1) is 0 Å². The van der Waals surface area contributed by atoms with E-state index in [-0.39, 0.29) is 36.4 Å². The van der Waals surface area contributed by atoms with Crippen LogP contribution in [0.25, 0.3) is 0 Å². The van der Waals surface area contributed by atoms with Gasteiger partial charge in [-0.25, -0.2) is 4.99 Å². The van der Waals surface area contributed by atoms with Crippen molar-refractivity contribution in [1.82, 2.24) is 15.5 Å². The third-order valence-corrected chi connectivity index (χ3v) is 3.92. The predicted octanol–water partition coefficient (Wildman–Crippen LogP) is 2.28. The zero-order chi connectivity index (χ0) is 17.0. The van der Waals surface area contributed by atoms with Crippen molar-refractivity contribution < 1.29 is 4.79 Å². The van der Waals surface area contributed by atoms with Crippen molar-refractivity contribution in [3.05, 3.63) is 30.3 Å². The van der Waals surface area contributed by atoms with E-state index in [0.29, 0.717) is 5.96 Å². The van der Waals surface area contributed by atoms with Gasteiger partial charge in [0, 0.05) is 38.4 Å². The maximum Gasteiger partial charge on any atom is 0.244 e. The molecule has 0 unspecified atom stereocenters. The molecule has 1 fully saturated rings. The van der Waals surface area contributed by atoms with E-state index in [1.807, 2.05) is 30.0 Å². The summed E-state index contributed by atoms with van der Waals surface area (Å²) in [7, 11) is 0. The number of anilines is 1. The molecule has 1 saturated heterocycles. The molecule has 1 aromatic rings. The highest BCUT2D eigenvalue weighted by Crippen LogP contribution is 2.07. The molecule has 25 heavy (non-hydrogen) atoms. The van der Waals surface area contributed by atoms with Gasteiger partial charge in [-0.15, -0.1) is 24.0 Å². The molecule has 1 aliphatic heterocycles. The first-order valence-corrected chi connectivity index (χ1v) is 8.88. The molecule has 0 bridgehead atoms. The molecule has 1 aliphatic rings. The fourth-order valence-corrected chi connectivity index (χ4v) is 2.64. The third kappa shape index (κ3) is 8.42. The van der Waals surface area contributed by atoms with Gasteiger partial charge < -0.3 is 20.9 Å². The van der Waals surface area contributed by atoms with E-state index in [2.05, 4.69) is 33.1 Å². The van der Waals surface area contributed by atoms with Crippen molar-refractivity contribution in [1.29, 1.82) is 0 Å². The van der Waals surface area contributed by atoms with Crippen LogP contribution in [0, 0.1) is 0 Å². The number of amides is 1. The van der Waals surface area contributed by atoms with Gasteiger partial charge in [-0.3, -0.25) is 4.79 Å². The first-order valence-electron chi connectivity index (χ1n) is 8.88. The fraction of sp³-hybridized carbons (Fsp3) is 0.556. The summed E-state index contributed by atoms with van der Waals surface area (Å²) in [5.41, 5.74) is 1.13. The van der Waals surface area contributed by atoms with Gasteiger partial charge in [-0.2, -0.15) is 0 Å². The van der Waals surface area contributed by atoms with Crippen LogP contribution in [0.2, 0.25) is 0 Å². The Morgan fingerprint density at radius 2 is 1.84 bits per heavy atom. The molecule has 0 saturated carbocycles. The topological polar surface area (TPSA) is 68.8 Å². The second-order valence-electron chi connectivity index (χ2n) is 5.86. The van der Waals surface area contributed by atoms with Crippen molar-refractivity contribution in [2.45, 2.75) is 26.2 Å². The van der Waals surface area contributed by atoms with Crippen molar-refractivity contribution in [2.75, 3.05) is 44.6 Å². The summed E-state index contributed by atoms with van der Waals surface area (Å²) in [5.74, 6) is 0.834. The first-order chi connectivity index (χ1) is 11.8. The second kappa shape index (κ2) is 12.8. The summed E-state index contributed by atoms with van der Waals surface area (Å²) < 4.78 is 0. The van der Waals surface area contributed by atoms with Crippen LogP contribution in [0.5, 0.6) is 0 Å². The van der Waals surface area contributed by atoms with Gasteiger partial charge in [0.1, 0.15) is 6.54 Å². The molecule has 3 N–H and O–H groups in total. The lowest BCUT2D eigenvalue weighted by molar-refractivity contribution is -0.128. The molecular formula is C18H30IN5O. The van der Waals surface area contributed by atoms with Crippen molar-refractivity contribution in [3.63, 3.8) is 0 Å². The quantitative estimate of drug-likeness (QED) is 0.242. The van der Waals surface area contributed by atoms with E-state index >= 15 is 0 Å². The van der Waals surface area contributed by atoms with Gasteiger partial charge in [-0.05, 0) is 38.3 Å². The molecule has 0 atom stereocenters. The number of hydrogen-bond donors (Lipinski definition) is 3. The predicted molar refractivity (Wildman–Crippen MR) is 115 cm³/mol. The Bertz CT molecular complexity index is 517. The first kappa shape index (κ1) is 21.5. The fourth-order valence-electron chi connectivity index (χ4n) is 2.64. The summed E-state index contributed by atoms with van der Waals surface area (Å²) in [6, 6.07) is 10.2. The van der Waals surface area contributed by atoms with Crippen LogP contribution in [-0.4, -0.2) is 56.0 Å². The molecule has 7 heteroatoms. The molecule has 0 radical (unpaired) electrons. The highest BCUT2D eigenvalue weighted by atomic mass is 127. The summed E-state index contributed by atoms with van der Waals surface area (Å²) in [5, 5.41) is 9.84. The second-order valence-corrected chi connectivity index (χ2v) is 5.86. The van der Waals surface area contributed by atoms with Gasteiger partial charge in [0.25, 0.3) is 0 Å². The Labute approximate surface area is 167 Å². The Kier molecular flexibility index (Phi) is 11.0. The average Bonchev–Trinajstić information content (AvgIpc) is 3.14. The number of guanidine groups is 1. The maximum atomic E-state index is 12.0. The molecule has 0 spiro atoms. The van der Waals surface area contributed by atoms with Crippen LogP contribution in [0.4, 0.5) is 5.69 Å². The van der Waals surface area contributed by atoms with Crippen molar-refractivity contribution in [3.8, 4) is 0 Å². The summed E-state index contributed by atoms with van der Waals surface area (Å²) in [4.78, 5) is 18.3. The Morgan fingerprint density at radius 3 is 2.52 bits per heavy atom. The number of likely N-dealkylation sites (tertiary alicyclic amines) is 1. The smallest absolute Gasteiger partial charge is 0.244 e. The van der Waals surface area contributed by atoms with E-state index in [9.17, 15) is 4.79 Å². The maximum absolute atomic E-state index is 12.0. The molecular weight excluding hydrogens is 429 g/mol. The number of halogens is 1. The monoisotopic (exact) mass is 459 g/mol. The number of hydrogen-bond acceptors (Lipinski definition) is 3. The number of aliphatic imine (C=N–C) groups is 1. The van der Waals surface area contributed by atoms with Crippen LogP contribution in [0.1, 0.15) is 26.2 Å². The molecule has 2 rings (SSSR count). The summed E-state index contributed by atoms with van der Waals surface area (Å²) >= 11 is 0. The number of carbonyl (C=O) groups is 1. The van der Waals surface area contributed by atoms with E-state index in [1.165, 1.54) is 0 Å². The Morgan fingerprint density at radius 1 is 1.12 bits per heavy atom. The van der Waals surface area contributed by atoms with E-state index < -0.39 is 0 Å². The SMILES string of the molecule is CCNC(=NCC(=O)N1CCCC1)NCCCNc1ccccc1.I. The van der Waals surface area contributed by atoms with Crippen LogP contribution in [0.15, 0.2) is 35.3 Å². The van der Waals surface area contributed by atoms with E-state index in [4.69, 9.17) is 0 Å². The van der Waals surface area contributed by atoms with Gasteiger partial charge in [-0.1, -0.05) is 18.2 Å². The Balaban J connectivity index is 0.00000312. The zero-order valence-corrected chi connectivity index (χ0v) is 17.3. The molecule has 140 valence electrons. The average molecular weight is 459 g/mol. The highest BCUT2D eigenvalue weighted by Gasteiger charge is 2.17. The number of carbonyl (C=O) groups excluding carboxylic acids is 1. The molecule has 1 amide bonds. The summed E-state index contributed by atoms with van der Waals surface area (Å²) in [6.07, 6.45) is 3.20. The highest BCUT2D eigenvalue weighted by molar-refractivity contribution is 14.0. The third-order valence-electron chi connectivity index (χ3n) is 3.92. The lowest BCUT2D eigenvalue weighted by Gasteiger charge is -2.15.